The van der Waals surface area contributed by atoms with Crippen LogP contribution in [0.3, 0.4) is 0 Å². The van der Waals surface area contributed by atoms with Crippen LogP contribution >= 0.6 is 0 Å². The van der Waals surface area contributed by atoms with Crippen LogP contribution < -0.4 is 14.8 Å². The number of carbonyl (C=O) groups excluding carboxylic acids is 2. The van der Waals surface area contributed by atoms with E-state index in [0.717, 1.165) is 5.56 Å². The molecule has 0 fully saturated rings. The molecule has 20 heavy (non-hydrogen) atoms. The quantitative estimate of drug-likeness (QED) is 0.824. The number of esters is 1. The summed E-state index contributed by atoms with van der Waals surface area (Å²) in [6.07, 6.45) is -0.545. The molecule has 0 unspecified atom stereocenters. The Morgan fingerprint density at radius 3 is 2.85 bits per heavy atom. The first kappa shape index (κ1) is 14.2. The molecule has 0 saturated carbocycles. The summed E-state index contributed by atoms with van der Waals surface area (Å²) in [4.78, 5) is 22.9. The standard InChI is InChI=1S/C14H17NO5/c1-3-13(16)20-9(2)14(17)15-7-10-4-5-11-12(6-10)19-8-18-11/h4-6,9H,3,7-8H2,1-2H3,(H,15,17)/t9-/m1/s1. The van der Waals surface area contributed by atoms with Crippen LogP contribution in [0.1, 0.15) is 25.8 Å². The summed E-state index contributed by atoms with van der Waals surface area (Å²) >= 11 is 0. The van der Waals surface area contributed by atoms with Crippen LogP contribution in [0.4, 0.5) is 0 Å². The maximum absolute atomic E-state index is 11.8. The Balaban J connectivity index is 1.85. The van der Waals surface area contributed by atoms with Crippen LogP contribution in [-0.4, -0.2) is 24.8 Å². The van der Waals surface area contributed by atoms with Crippen molar-refractivity contribution >= 4 is 11.9 Å². The summed E-state index contributed by atoms with van der Waals surface area (Å²) in [6, 6.07) is 5.45. The molecule has 1 amide bonds. The topological polar surface area (TPSA) is 73.9 Å². The van der Waals surface area contributed by atoms with Crippen molar-refractivity contribution in [2.45, 2.75) is 32.9 Å². The molecular weight excluding hydrogens is 262 g/mol. The van der Waals surface area contributed by atoms with Crippen molar-refractivity contribution < 1.29 is 23.8 Å². The SMILES string of the molecule is CCC(=O)O[C@H](C)C(=O)NCc1ccc2c(c1)OCO2. The van der Waals surface area contributed by atoms with E-state index in [9.17, 15) is 9.59 Å². The van der Waals surface area contributed by atoms with Crippen LogP contribution in [-0.2, 0) is 20.9 Å². The zero-order valence-electron chi connectivity index (χ0n) is 11.5. The van der Waals surface area contributed by atoms with Crippen LogP contribution in [0, 0.1) is 0 Å². The average molecular weight is 279 g/mol. The lowest BCUT2D eigenvalue weighted by Crippen LogP contribution is -2.35. The van der Waals surface area contributed by atoms with E-state index in [4.69, 9.17) is 14.2 Å². The third-order valence-electron chi connectivity index (χ3n) is 2.87. The lowest BCUT2D eigenvalue weighted by molar-refractivity contribution is -0.154. The van der Waals surface area contributed by atoms with Crippen LogP contribution in [0.5, 0.6) is 11.5 Å². The number of fused-ring (bicyclic) bond motifs is 1. The number of rotatable bonds is 5. The van der Waals surface area contributed by atoms with Crippen molar-refractivity contribution in [2.24, 2.45) is 0 Å². The fourth-order valence-electron chi connectivity index (χ4n) is 1.72. The van der Waals surface area contributed by atoms with Crippen LogP contribution in [0.15, 0.2) is 18.2 Å². The summed E-state index contributed by atoms with van der Waals surface area (Å²) < 4.78 is 15.4. The van der Waals surface area contributed by atoms with Crippen molar-refractivity contribution in [3.63, 3.8) is 0 Å². The molecule has 0 bridgehead atoms. The first-order valence-electron chi connectivity index (χ1n) is 6.46. The van der Waals surface area contributed by atoms with E-state index in [1.54, 1.807) is 19.9 Å². The molecule has 1 aliphatic heterocycles. The number of hydrogen-bond acceptors (Lipinski definition) is 5. The van der Waals surface area contributed by atoms with E-state index in [2.05, 4.69) is 5.32 Å². The fraction of sp³-hybridized carbons (Fsp3) is 0.429. The van der Waals surface area contributed by atoms with Gasteiger partial charge in [0.1, 0.15) is 0 Å². The highest BCUT2D eigenvalue weighted by Gasteiger charge is 2.17. The van der Waals surface area contributed by atoms with E-state index in [1.165, 1.54) is 0 Å². The van der Waals surface area contributed by atoms with E-state index in [-0.39, 0.29) is 19.1 Å². The van der Waals surface area contributed by atoms with Gasteiger partial charge in [0.2, 0.25) is 6.79 Å². The monoisotopic (exact) mass is 279 g/mol. The molecule has 0 radical (unpaired) electrons. The Hall–Kier alpha value is -2.24. The van der Waals surface area contributed by atoms with Gasteiger partial charge in [0.15, 0.2) is 17.6 Å². The highest BCUT2D eigenvalue weighted by molar-refractivity contribution is 5.83. The Labute approximate surface area is 117 Å². The van der Waals surface area contributed by atoms with Gasteiger partial charge in [-0.25, -0.2) is 0 Å². The number of nitrogens with one attached hydrogen (secondary N) is 1. The maximum atomic E-state index is 11.8. The first-order chi connectivity index (χ1) is 9.60. The van der Waals surface area contributed by atoms with Crippen molar-refractivity contribution in [1.29, 1.82) is 0 Å². The summed E-state index contributed by atoms with van der Waals surface area (Å²) in [6.45, 7) is 3.78. The molecule has 1 heterocycles. The molecule has 1 aliphatic rings. The lowest BCUT2D eigenvalue weighted by atomic mass is 10.2. The Bertz CT molecular complexity index is 514. The zero-order valence-corrected chi connectivity index (χ0v) is 11.5. The maximum Gasteiger partial charge on any atom is 0.306 e. The third kappa shape index (κ3) is 3.40. The molecule has 1 aromatic carbocycles. The van der Waals surface area contributed by atoms with Gasteiger partial charge >= 0.3 is 5.97 Å². The highest BCUT2D eigenvalue weighted by Crippen LogP contribution is 2.32. The second-order valence-electron chi connectivity index (χ2n) is 4.39. The predicted molar refractivity (Wildman–Crippen MR) is 70.3 cm³/mol. The molecule has 108 valence electrons. The van der Waals surface area contributed by atoms with Gasteiger partial charge in [-0.1, -0.05) is 13.0 Å². The fourth-order valence-corrected chi connectivity index (χ4v) is 1.72. The van der Waals surface area contributed by atoms with Crippen LogP contribution in [0.2, 0.25) is 0 Å². The molecule has 0 saturated heterocycles. The Morgan fingerprint density at radius 2 is 2.10 bits per heavy atom. The minimum Gasteiger partial charge on any atom is -0.454 e. The smallest absolute Gasteiger partial charge is 0.306 e. The van der Waals surface area contributed by atoms with Crippen molar-refractivity contribution in [3.8, 4) is 11.5 Å². The zero-order chi connectivity index (χ0) is 14.5. The summed E-state index contributed by atoms with van der Waals surface area (Å²) in [5.74, 6) is 0.646. The van der Waals surface area contributed by atoms with Gasteiger partial charge < -0.3 is 19.5 Å². The molecule has 6 nitrogen and oxygen atoms in total. The van der Waals surface area contributed by atoms with Crippen molar-refractivity contribution in [2.75, 3.05) is 6.79 Å². The summed E-state index contributed by atoms with van der Waals surface area (Å²) in [5, 5.41) is 2.71. The minimum atomic E-state index is -0.795. The normalized spacial score (nSPS) is 13.7. The number of amides is 1. The average Bonchev–Trinajstić information content (AvgIpc) is 2.91. The molecule has 0 aromatic heterocycles. The number of ether oxygens (including phenoxy) is 3. The van der Waals surface area contributed by atoms with Gasteiger partial charge in [-0.2, -0.15) is 0 Å². The van der Waals surface area contributed by atoms with Gasteiger partial charge in [0.25, 0.3) is 5.91 Å². The summed E-state index contributed by atoms with van der Waals surface area (Å²) in [5.41, 5.74) is 0.886. The van der Waals surface area contributed by atoms with E-state index < -0.39 is 12.1 Å². The van der Waals surface area contributed by atoms with Gasteiger partial charge in [-0.15, -0.1) is 0 Å². The Kier molecular flexibility index (Phi) is 4.45. The highest BCUT2D eigenvalue weighted by atomic mass is 16.7. The second kappa shape index (κ2) is 6.27. The lowest BCUT2D eigenvalue weighted by Gasteiger charge is -2.13. The number of carbonyl (C=O) groups is 2. The van der Waals surface area contributed by atoms with E-state index >= 15 is 0 Å². The second-order valence-corrected chi connectivity index (χ2v) is 4.39. The molecule has 2 rings (SSSR count). The van der Waals surface area contributed by atoms with E-state index in [1.807, 2.05) is 12.1 Å². The molecule has 0 spiro atoms. The molecule has 1 atom stereocenters. The van der Waals surface area contributed by atoms with Gasteiger partial charge in [-0.05, 0) is 24.6 Å². The molecule has 1 N–H and O–H groups in total. The molecular formula is C14H17NO5. The number of hydrogen-bond donors (Lipinski definition) is 1. The molecule has 6 heteroatoms. The Morgan fingerprint density at radius 1 is 1.35 bits per heavy atom. The van der Waals surface area contributed by atoms with Gasteiger partial charge in [-0.3, -0.25) is 9.59 Å². The van der Waals surface area contributed by atoms with Gasteiger partial charge in [0, 0.05) is 13.0 Å². The number of benzene rings is 1. The third-order valence-corrected chi connectivity index (χ3v) is 2.87. The minimum absolute atomic E-state index is 0.217. The first-order valence-corrected chi connectivity index (χ1v) is 6.46. The predicted octanol–water partition coefficient (Wildman–Crippen LogP) is 1.37. The van der Waals surface area contributed by atoms with Crippen molar-refractivity contribution in [3.05, 3.63) is 23.8 Å². The van der Waals surface area contributed by atoms with Crippen LogP contribution in [0.25, 0.3) is 0 Å². The van der Waals surface area contributed by atoms with Crippen molar-refractivity contribution in [1.82, 2.24) is 5.32 Å². The van der Waals surface area contributed by atoms with Gasteiger partial charge in [0.05, 0.1) is 0 Å². The van der Waals surface area contributed by atoms with E-state index in [0.29, 0.717) is 18.0 Å². The largest absolute Gasteiger partial charge is 0.454 e. The summed E-state index contributed by atoms with van der Waals surface area (Å²) in [7, 11) is 0. The molecule has 0 aliphatic carbocycles. The molecule has 1 aromatic rings.